The largest absolute Gasteiger partial charge is 0.395 e. The van der Waals surface area contributed by atoms with E-state index in [0.29, 0.717) is 5.91 Å². The van der Waals surface area contributed by atoms with Crippen LogP contribution in [-0.2, 0) is 4.79 Å². The molecule has 1 saturated carbocycles. The molecule has 1 saturated heterocycles. The molecule has 0 radical (unpaired) electrons. The van der Waals surface area contributed by atoms with Gasteiger partial charge in [-0.3, -0.25) is 9.69 Å². The van der Waals surface area contributed by atoms with E-state index < -0.39 is 0 Å². The van der Waals surface area contributed by atoms with Crippen molar-refractivity contribution in [2.75, 3.05) is 39.3 Å². The van der Waals surface area contributed by atoms with Crippen molar-refractivity contribution in [3.05, 3.63) is 0 Å². The molecule has 18 heavy (non-hydrogen) atoms. The summed E-state index contributed by atoms with van der Waals surface area (Å²) in [4.78, 5) is 16.6. The Kier molecular flexibility index (Phi) is 5.01. The second-order valence-electron chi connectivity index (χ2n) is 5.85. The van der Waals surface area contributed by atoms with Gasteiger partial charge < -0.3 is 10.0 Å². The Morgan fingerprint density at radius 2 is 1.72 bits per heavy atom. The third-order valence-electron chi connectivity index (χ3n) is 4.47. The van der Waals surface area contributed by atoms with E-state index in [1.165, 1.54) is 12.8 Å². The molecule has 1 heterocycles. The zero-order valence-electron chi connectivity index (χ0n) is 11.5. The van der Waals surface area contributed by atoms with Crippen LogP contribution >= 0.6 is 0 Å². The summed E-state index contributed by atoms with van der Waals surface area (Å²) >= 11 is 0. The summed E-state index contributed by atoms with van der Waals surface area (Å²) in [6.07, 6.45) is 4.58. The number of piperazine rings is 1. The van der Waals surface area contributed by atoms with Crippen molar-refractivity contribution in [1.29, 1.82) is 0 Å². The van der Waals surface area contributed by atoms with Crippen LogP contribution in [0.25, 0.3) is 0 Å². The van der Waals surface area contributed by atoms with Crippen LogP contribution in [0.1, 0.15) is 32.6 Å². The number of carbonyl (C=O) groups excluding carboxylic acids is 1. The van der Waals surface area contributed by atoms with Crippen molar-refractivity contribution in [3.8, 4) is 0 Å². The lowest BCUT2D eigenvalue weighted by Crippen LogP contribution is -2.51. The van der Waals surface area contributed by atoms with Gasteiger partial charge in [0.25, 0.3) is 0 Å². The molecule has 0 bridgehead atoms. The SMILES string of the molecule is CC1CCC(C(=O)N2CCN(CCO)CC2)CC1. The highest BCUT2D eigenvalue weighted by molar-refractivity contribution is 5.79. The number of aliphatic hydroxyl groups excluding tert-OH is 1. The van der Waals surface area contributed by atoms with Crippen molar-refractivity contribution < 1.29 is 9.90 Å². The minimum atomic E-state index is 0.217. The van der Waals surface area contributed by atoms with Crippen LogP contribution in [0.4, 0.5) is 0 Å². The number of carbonyl (C=O) groups is 1. The maximum atomic E-state index is 12.4. The Morgan fingerprint density at radius 1 is 1.11 bits per heavy atom. The molecule has 0 spiro atoms. The smallest absolute Gasteiger partial charge is 0.225 e. The summed E-state index contributed by atoms with van der Waals surface area (Å²) in [7, 11) is 0. The second kappa shape index (κ2) is 6.53. The van der Waals surface area contributed by atoms with Gasteiger partial charge in [-0.05, 0) is 31.6 Å². The van der Waals surface area contributed by atoms with Gasteiger partial charge in [-0.25, -0.2) is 0 Å². The molecule has 1 N–H and O–H groups in total. The molecule has 0 aromatic rings. The zero-order chi connectivity index (χ0) is 13.0. The maximum Gasteiger partial charge on any atom is 0.225 e. The topological polar surface area (TPSA) is 43.8 Å². The molecule has 2 rings (SSSR count). The molecule has 4 nitrogen and oxygen atoms in total. The molecule has 0 atom stereocenters. The summed E-state index contributed by atoms with van der Waals surface area (Å²) in [5.74, 6) is 1.46. The molecule has 1 aliphatic carbocycles. The molecular weight excluding hydrogens is 228 g/mol. The van der Waals surface area contributed by atoms with Crippen molar-refractivity contribution in [1.82, 2.24) is 9.80 Å². The standard InChI is InChI=1S/C14H26N2O2/c1-12-2-4-13(5-3-12)14(18)16-8-6-15(7-9-16)10-11-17/h12-13,17H,2-11H2,1H3. The van der Waals surface area contributed by atoms with Crippen LogP contribution in [0.5, 0.6) is 0 Å². The molecule has 1 amide bonds. The first-order chi connectivity index (χ1) is 8.70. The Bertz CT molecular complexity index is 267. The highest BCUT2D eigenvalue weighted by Crippen LogP contribution is 2.29. The lowest BCUT2D eigenvalue weighted by Gasteiger charge is -2.37. The van der Waals surface area contributed by atoms with Crippen LogP contribution in [-0.4, -0.2) is 60.1 Å². The van der Waals surface area contributed by atoms with E-state index in [1.807, 2.05) is 4.90 Å². The molecule has 0 aromatic heterocycles. The summed E-state index contributed by atoms with van der Waals surface area (Å²) in [5.41, 5.74) is 0. The average molecular weight is 254 g/mol. The summed E-state index contributed by atoms with van der Waals surface area (Å²) in [5, 5.41) is 8.90. The van der Waals surface area contributed by atoms with E-state index in [-0.39, 0.29) is 12.5 Å². The van der Waals surface area contributed by atoms with Crippen molar-refractivity contribution >= 4 is 5.91 Å². The van der Waals surface area contributed by atoms with E-state index in [9.17, 15) is 4.79 Å². The molecule has 0 aromatic carbocycles. The van der Waals surface area contributed by atoms with E-state index >= 15 is 0 Å². The van der Waals surface area contributed by atoms with Crippen LogP contribution in [0, 0.1) is 11.8 Å². The first-order valence-corrected chi connectivity index (χ1v) is 7.32. The molecule has 104 valence electrons. The number of hydrogen-bond donors (Lipinski definition) is 1. The van der Waals surface area contributed by atoms with Crippen molar-refractivity contribution in [2.45, 2.75) is 32.6 Å². The van der Waals surface area contributed by atoms with Gasteiger partial charge in [0, 0.05) is 38.6 Å². The molecule has 1 aliphatic heterocycles. The van der Waals surface area contributed by atoms with Gasteiger partial charge in [0.05, 0.1) is 6.61 Å². The predicted octanol–water partition coefficient (Wildman–Crippen LogP) is 0.949. The number of nitrogens with zero attached hydrogens (tertiary/aromatic N) is 2. The quantitative estimate of drug-likeness (QED) is 0.815. The van der Waals surface area contributed by atoms with Gasteiger partial charge in [-0.1, -0.05) is 6.92 Å². The lowest BCUT2D eigenvalue weighted by atomic mass is 9.82. The fourth-order valence-electron chi connectivity index (χ4n) is 3.10. The molecule has 0 unspecified atom stereocenters. The lowest BCUT2D eigenvalue weighted by molar-refractivity contribution is -0.138. The second-order valence-corrected chi connectivity index (χ2v) is 5.85. The molecular formula is C14H26N2O2. The number of β-amino-alcohol motifs (C(OH)–C–C–N with tert-alkyl or cyclic N) is 1. The van der Waals surface area contributed by atoms with Crippen molar-refractivity contribution in [3.63, 3.8) is 0 Å². The molecule has 4 heteroatoms. The first kappa shape index (κ1) is 13.8. The molecule has 2 fully saturated rings. The Labute approximate surface area is 110 Å². The van der Waals surface area contributed by atoms with Crippen LogP contribution in [0.3, 0.4) is 0 Å². The number of rotatable bonds is 3. The van der Waals surface area contributed by atoms with E-state index in [0.717, 1.165) is 51.5 Å². The number of amides is 1. The van der Waals surface area contributed by atoms with E-state index in [1.54, 1.807) is 0 Å². The highest BCUT2D eigenvalue weighted by atomic mass is 16.3. The maximum absolute atomic E-state index is 12.4. The third kappa shape index (κ3) is 3.45. The normalized spacial score (nSPS) is 30.4. The van der Waals surface area contributed by atoms with Gasteiger partial charge in [0.2, 0.25) is 5.91 Å². The Hall–Kier alpha value is -0.610. The van der Waals surface area contributed by atoms with Crippen LogP contribution in [0.15, 0.2) is 0 Å². The van der Waals surface area contributed by atoms with Gasteiger partial charge in [0.1, 0.15) is 0 Å². The third-order valence-corrected chi connectivity index (χ3v) is 4.47. The summed E-state index contributed by atoms with van der Waals surface area (Å²) < 4.78 is 0. The van der Waals surface area contributed by atoms with Gasteiger partial charge in [-0.15, -0.1) is 0 Å². The zero-order valence-corrected chi connectivity index (χ0v) is 11.5. The number of hydrogen-bond acceptors (Lipinski definition) is 3. The van der Waals surface area contributed by atoms with Crippen LogP contribution < -0.4 is 0 Å². The Morgan fingerprint density at radius 3 is 2.28 bits per heavy atom. The minimum Gasteiger partial charge on any atom is -0.395 e. The van der Waals surface area contributed by atoms with Gasteiger partial charge in [0.15, 0.2) is 0 Å². The van der Waals surface area contributed by atoms with Gasteiger partial charge >= 0.3 is 0 Å². The first-order valence-electron chi connectivity index (χ1n) is 7.32. The van der Waals surface area contributed by atoms with E-state index in [4.69, 9.17) is 5.11 Å². The predicted molar refractivity (Wildman–Crippen MR) is 71.2 cm³/mol. The van der Waals surface area contributed by atoms with Gasteiger partial charge in [-0.2, -0.15) is 0 Å². The summed E-state index contributed by atoms with van der Waals surface area (Å²) in [6.45, 7) is 6.74. The van der Waals surface area contributed by atoms with Crippen LogP contribution in [0.2, 0.25) is 0 Å². The average Bonchev–Trinajstić information content (AvgIpc) is 2.40. The van der Waals surface area contributed by atoms with Crippen molar-refractivity contribution in [2.24, 2.45) is 11.8 Å². The monoisotopic (exact) mass is 254 g/mol. The fourth-order valence-corrected chi connectivity index (χ4v) is 3.10. The highest BCUT2D eigenvalue weighted by Gasteiger charge is 2.29. The fraction of sp³-hybridized carbons (Fsp3) is 0.929. The Balaban J connectivity index is 1.77. The minimum absolute atomic E-state index is 0.217. The summed E-state index contributed by atoms with van der Waals surface area (Å²) in [6, 6.07) is 0. The molecule has 2 aliphatic rings. The number of aliphatic hydroxyl groups is 1. The van der Waals surface area contributed by atoms with E-state index in [2.05, 4.69) is 11.8 Å².